The van der Waals surface area contributed by atoms with E-state index in [-0.39, 0.29) is 5.75 Å². The Morgan fingerprint density at radius 1 is 0.955 bits per heavy atom. The molecule has 0 amide bonds. The van der Waals surface area contributed by atoms with Crippen molar-refractivity contribution < 1.29 is 8.42 Å². The molecule has 3 rings (SSSR count). The van der Waals surface area contributed by atoms with Gasteiger partial charge in [-0.25, -0.2) is 8.42 Å². The maximum absolute atomic E-state index is 12.3. The first-order chi connectivity index (χ1) is 10.6. The van der Waals surface area contributed by atoms with E-state index in [2.05, 4.69) is 9.62 Å². The topological polar surface area (TPSA) is 49.4 Å². The van der Waals surface area contributed by atoms with Crippen molar-refractivity contribution in [2.45, 2.75) is 18.6 Å². The Hall–Kier alpha value is -2.01. The lowest BCUT2D eigenvalue weighted by atomic mass is 10.2. The van der Waals surface area contributed by atoms with Crippen molar-refractivity contribution in [2.75, 3.05) is 22.7 Å². The highest BCUT2D eigenvalue weighted by Gasteiger charge is 2.15. The number of nitrogens with zero attached hydrogens (tertiary/aromatic N) is 1. The normalized spacial score (nSPS) is 15.0. The molecule has 4 nitrogen and oxygen atoms in total. The van der Waals surface area contributed by atoms with Gasteiger partial charge in [-0.15, -0.1) is 0 Å². The highest BCUT2D eigenvalue weighted by molar-refractivity contribution is 7.91. The summed E-state index contributed by atoms with van der Waals surface area (Å²) in [7, 11) is -3.40. The van der Waals surface area contributed by atoms with E-state index in [1.54, 1.807) is 6.07 Å². The Labute approximate surface area is 131 Å². The number of benzene rings is 2. The molecule has 2 aromatic rings. The van der Waals surface area contributed by atoms with E-state index in [9.17, 15) is 8.42 Å². The standard InChI is InChI=1S/C17H20N2O2S/c20-22(21,14-15-7-2-1-3-8-15)18-16-9-6-10-17(13-16)19-11-4-5-12-19/h1-3,6-10,13,18H,4-5,11-12,14H2. The summed E-state index contributed by atoms with van der Waals surface area (Å²) in [6.45, 7) is 2.08. The molecule has 5 heteroatoms. The van der Waals surface area contributed by atoms with Crippen molar-refractivity contribution >= 4 is 21.4 Å². The first-order valence-electron chi connectivity index (χ1n) is 7.52. The molecule has 2 aromatic carbocycles. The molecular formula is C17H20N2O2S. The number of sulfonamides is 1. The van der Waals surface area contributed by atoms with E-state index < -0.39 is 10.0 Å². The Bertz CT molecular complexity index is 723. The first-order valence-corrected chi connectivity index (χ1v) is 9.17. The number of anilines is 2. The van der Waals surface area contributed by atoms with Crippen LogP contribution in [0, 0.1) is 0 Å². The Morgan fingerprint density at radius 3 is 2.41 bits per heavy atom. The maximum Gasteiger partial charge on any atom is 0.236 e. The van der Waals surface area contributed by atoms with Gasteiger partial charge in [0.1, 0.15) is 0 Å². The third kappa shape index (κ3) is 3.80. The zero-order valence-electron chi connectivity index (χ0n) is 12.4. The highest BCUT2D eigenvalue weighted by Crippen LogP contribution is 2.24. The minimum Gasteiger partial charge on any atom is -0.371 e. The molecule has 0 bridgehead atoms. The Kier molecular flexibility index (Phi) is 4.34. The lowest BCUT2D eigenvalue weighted by Crippen LogP contribution is -2.18. The first kappa shape index (κ1) is 14.9. The smallest absolute Gasteiger partial charge is 0.236 e. The quantitative estimate of drug-likeness (QED) is 0.921. The van der Waals surface area contributed by atoms with Crippen LogP contribution in [0.3, 0.4) is 0 Å². The number of hydrogen-bond donors (Lipinski definition) is 1. The van der Waals surface area contributed by atoms with Gasteiger partial charge in [0.15, 0.2) is 0 Å². The van der Waals surface area contributed by atoms with E-state index in [1.807, 2.05) is 48.5 Å². The number of nitrogens with one attached hydrogen (secondary N) is 1. The molecule has 0 saturated carbocycles. The van der Waals surface area contributed by atoms with Crippen molar-refractivity contribution in [3.8, 4) is 0 Å². The fourth-order valence-electron chi connectivity index (χ4n) is 2.75. The second-order valence-corrected chi connectivity index (χ2v) is 7.31. The average Bonchev–Trinajstić information content (AvgIpc) is 3.02. The second-order valence-electron chi connectivity index (χ2n) is 5.59. The van der Waals surface area contributed by atoms with Crippen molar-refractivity contribution in [3.63, 3.8) is 0 Å². The van der Waals surface area contributed by atoms with E-state index >= 15 is 0 Å². The van der Waals surface area contributed by atoms with Crippen LogP contribution in [0.4, 0.5) is 11.4 Å². The summed E-state index contributed by atoms with van der Waals surface area (Å²) < 4.78 is 27.2. The maximum atomic E-state index is 12.3. The van der Waals surface area contributed by atoms with Crippen molar-refractivity contribution in [3.05, 3.63) is 60.2 Å². The molecule has 1 aliphatic heterocycles. The van der Waals surface area contributed by atoms with Gasteiger partial charge in [0.05, 0.1) is 11.4 Å². The lowest BCUT2D eigenvalue weighted by Gasteiger charge is -2.18. The van der Waals surface area contributed by atoms with Crippen LogP contribution in [-0.4, -0.2) is 21.5 Å². The Balaban J connectivity index is 1.73. The monoisotopic (exact) mass is 316 g/mol. The molecule has 1 fully saturated rings. The number of rotatable bonds is 5. The molecule has 0 radical (unpaired) electrons. The van der Waals surface area contributed by atoms with E-state index in [0.29, 0.717) is 5.69 Å². The lowest BCUT2D eigenvalue weighted by molar-refractivity contribution is 0.600. The zero-order chi connectivity index (χ0) is 15.4. The van der Waals surface area contributed by atoms with Crippen molar-refractivity contribution in [2.24, 2.45) is 0 Å². The van der Waals surface area contributed by atoms with Gasteiger partial charge >= 0.3 is 0 Å². The Morgan fingerprint density at radius 2 is 1.68 bits per heavy atom. The molecular weight excluding hydrogens is 296 g/mol. The summed E-state index contributed by atoms with van der Waals surface area (Å²) in [5.41, 5.74) is 2.49. The van der Waals surface area contributed by atoms with Gasteiger partial charge in [0, 0.05) is 18.8 Å². The predicted molar refractivity (Wildman–Crippen MR) is 90.6 cm³/mol. The molecule has 0 atom stereocenters. The molecule has 22 heavy (non-hydrogen) atoms. The van der Waals surface area contributed by atoms with Crippen LogP contribution in [0.15, 0.2) is 54.6 Å². The summed E-state index contributed by atoms with van der Waals surface area (Å²) in [4.78, 5) is 2.29. The predicted octanol–water partition coefficient (Wildman–Crippen LogP) is 3.23. The van der Waals surface area contributed by atoms with Gasteiger partial charge in [-0.1, -0.05) is 36.4 Å². The van der Waals surface area contributed by atoms with E-state index in [4.69, 9.17) is 0 Å². The molecule has 116 valence electrons. The average molecular weight is 316 g/mol. The molecule has 1 N–H and O–H groups in total. The minimum atomic E-state index is -3.40. The molecule has 0 aliphatic carbocycles. The summed E-state index contributed by atoms with van der Waals surface area (Å²) in [6.07, 6.45) is 2.40. The molecule has 1 aliphatic rings. The van der Waals surface area contributed by atoms with E-state index in [1.165, 1.54) is 12.8 Å². The van der Waals surface area contributed by atoms with Crippen LogP contribution in [0.2, 0.25) is 0 Å². The molecule has 0 spiro atoms. The second kappa shape index (κ2) is 6.40. The van der Waals surface area contributed by atoms with Gasteiger partial charge in [-0.2, -0.15) is 0 Å². The molecule has 1 saturated heterocycles. The van der Waals surface area contributed by atoms with Crippen LogP contribution in [-0.2, 0) is 15.8 Å². The third-order valence-corrected chi connectivity index (χ3v) is 5.05. The molecule has 0 unspecified atom stereocenters. The van der Waals surface area contributed by atoms with Crippen molar-refractivity contribution in [1.29, 1.82) is 0 Å². The van der Waals surface area contributed by atoms with Gasteiger partial charge in [0.25, 0.3) is 0 Å². The van der Waals surface area contributed by atoms with Gasteiger partial charge in [-0.05, 0) is 36.6 Å². The minimum absolute atomic E-state index is 0.0121. The highest BCUT2D eigenvalue weighted by atomic mass is 32.2. The van der Waals surface area contributed by atoms with Crippen molar-refractivity contribution in [1.82, 2.24) is 0 Å². The summed E-state index contributed by atoms with van der Waals surface area (Å²) in [5.74, 6) is -0.0121. The molecule has 0 aromatic heterocycles. The fourth-order valence-corrected chi connectivity index (χ4v) is 3.94. The summed E-state index contributed by atoms with van der Waals surface area (Å²) in [6, 6.07) is 16.8. The fraction of sp³-hybridized carbons (Fsp3) is 0.294. The van der Waals surface area contributed by atoms with Gasteiger partial charge in [0.2, 0.25) is 10.0 Å². The zero-order valence-corrected chi connectivity index (χ0v) is 13.2. The van der Waals surface area contributed by atoms with Gasteiger partial charge in [-0.3, -0.25) is 4.72 Å². The third-order valence-electron chi connectivity index (χ3n) is 3.79. The van der Waals surface area contributed by atoms with E-state index in [0.717, 1.165) is 24.3 Å². The van der Waals surface area contributed by atoms with Crippen LogP contribution in [0.1, 0.15) is 18.4 Å². The van der Waals surface area contributed by atoms with Crippen LogP contribution >= 0.6 is 0 Å². The summed E-state index contributed by atoms with van der Waals surface area (Å²) >= 11 is 0. The van der Waals surface area contributed by atoms with Crippen LogP contribution in [0.5, 0.6) is 0 Å². The largest absolute Gasteiger partial charge is 0.371 e. The molecule has 1 heterocycles. The number of hydrogen-bond acceptors (Lipinski definition) is 3. The SMILES string of the molecule is O=S(=O)(Cc1ccccc1)Nc1cccc(N2CCCC2)c1. The van der Waals surface area contributed by atoms with Crippen LogP contribution < -0.4 is 9.62 Å². The van der Waals surface area contributed by atoms with Crippen LogP contribution in [0.25, 0.3) is 0 Å². The summed E-state index contributed by atoms with van der Waals surface area (Å²) in [5, 5.41) is 0. The van der Waals surface area contributed by atoms with Gasteiger partial charge < -0.3 is 4.90 Å².